The second kappa shape index (κ2) is 8.22. The molecule has 0 bridgehead atoms. The van der Waals surface area contributed by atoms with Crippen molar-refractivity contribution in [3.63, 3.8) is 0 Å². The fraction of sp³-hybridized carbons (Fsp3) is 0.409. The molecule has 0 radical (unpaired) electrons. The molecule has 2 aromatic rings. The summed E-state index contributed by atoms with van der Waals surface area (Å²) in [5.41, 5.74) is 2.20. The van der Waals surface area contributed by atoms with E-state index in [9.17, 15) is 9.59 Å². The molecule has 0 spiro atoms. The number of hydrogen-bond donors (Lipinski definition) is 0. The Bertz CT molecular complexity index is 962. The summed E-state index contributed by atoms with van der Waals surface area (Å²) in [7, 11) is 0. The maximum atomic E-state index is 13.1. The van der Waals surface area contributed by atoms with Crippen LogP contribution >= 0.6 is 0 Å². The SMILES string of the molecule is CC(=O)C1CC(C(=O)N2CCN(c3cc(C)nc(C)n3)CC2)=NN1c1ccccc1. The summed E-state index contributed by atoms with van der Waals surface area (Å²) in [6, 6.07) is 11.1. The fourth-order valence-electron chi connectivity index (χ4n) is 3.96. The third-order valence-electron chi connectivity index (χ3n) is 5.49. The minimum absolute atomic E-state index is 0.00437. The van der Waals surface area contributed by atoms with Crippen molar-refractivity contribution in [2.45, 2.75) is 33.2 Å². The number of piperazine rings is 1. The van der Waals surface area contributed by atoms with Crippen LogP contribution in [0.3, 0.4) is 0 Å². The zero-order chi connectivity index (χ0) is 21.3. The van der Waals surface area contributed by atoms with E-state index in [4.69, 9.17) is 0 Å². The number of hydrazone groups is 1. The van der Waals surface area contributed by atoms with Gasteiger partial charge in [0.2, 0.25) is 0 Å². The van der Waals surface area contributed by atoms with Crippen molar-refractivity contribution < 1.29 is 9.59 Å². The van der Waals surface area contributed by atoms with Gasteiger partial charge in [-0.05, 0) is 32.9 Å². The first-order valence-corrected chi connectivity index (χ1v) is 10.2. The average Bonchev–Trinajstić information content (AvgIpc) is 3.19. The van der Waals surface area contributed by atoms with Crippen molar-refractivity contribution in [1.82, 2.24) is 14.9 Å². The van der Waals surface area contributed by atoms with Gasteiger partial charge in [-0.1, -0.05) is 18.2 Å². The van der Waals surface area contributed by atoms with Crippen LogP contribution < -0.4 is 9.91 Å². The summed E-state index contributed by atoms with van der Waals surface area (Å²) >= 11 is 0. The molecule has 2 aliphatic heterocycles. The van der Waals surface area contributed by atoms with Crippen LogP contribution in [0.4, 0.5) is 11.5 Å². The van der Waals surface area contributed by atoms with E-state index in [0.717, 1.165) is 23.0 Å². The van der Waals surface area contributed by atoms with E-state index in [0.29, 0.717) is 38.3 Å². The minimum atomic E-state index is -0.431. The lowest BCUT2D eigenvalue weighted by molar-refractivity contribution is -0.124. The molecule has 30 heavy (non-hydrogen) atoms. The van der Waals surface area contributed by atoms with Crippen molar-refractivity contribution in [2.24, 2.45) is 5.10 Å². The number of aryl methyl sites for hydroxylation is 2. The Labute approximate surface area is 176 Å². The standard InChI is InChI=1S/C22H26N6O2/c1-15-13-21(24-17(3)23-15)26-9-11-27(12-10-26)22(30)19-14-20(16(2)29)28(25-19)18-7-5-4-6-8-18/h4-8,13,20H,9-12,14H2,1-3H3. The van der Waals surface area contributed by atoms with Crippen molar-refractivity contribution in [3.05, 3.63) is 47.9 Å². The van der Waals surface area contributed by atoms with E-state index in [1.54, 1.807) is 11.9 Å². The Morgan fingerprint density at radius 2 is 1.70 bits per heavy atom. The highest BCUT2D eigenvalue weighted by Crippen LogP contribution is 2.26. The topological polar surface area (TPSA) is 82.0 Å². The van der Waals surface area contributed by atoms with Gasteiger partial charge in [0.25, 0.3) is 5.91 Å². The number of amides is 1. The third-order valence-corrected chi connectivity index (χ3v) is 5.49. The molecule has 1 saturated heterocycles. The maximum Gasteiger partial charge on any atom is 0.270 e. The summed E-state index contributed by atoms with van der Waals surface area (Å²) in [5, 5.41) is 6.22. The summed E-state index contributed by atoms with van der Waals surface area (Å²) < 4.78 is 0. The number of anilines is 2. The molecule has 0 aliphatic carbocycles. The monoisotopic (exact) mass is 406 g/mol. The Morgan fingerprint density at radius 3 is 2.33 bits per heavy atom. The van der Waals surface area contributed by atoms with Gasteiger partial charge in [0, 0.05) is 44.4 Å². The Hall–Kier alpha value is -3.29. The number of nitrogens with zero attached hydrogens (tertiary/aromatic N) is 6. The molecule has 0 saturated carbocycles. The van der Waals surface area contributed by atoms with E-state index in [1.165, 1.54) is 0 Å². The number of hydrogen-bond acceptors (Lipinski definition) is 7. The van der Waals surface area contributed by atoms with Gasteiger partial charge < -0.3 is 9.80 Å². The smallest absolute Gasteiger partial charge is 0.270 e. The predicted molar refractivity (Wildman–Crippen MR) is 116 cm³/mol. The quantitative estimate of drug-likeness (QED) is 0.772. The minimum Gasteiger partial charge on any atom is -0.353 e. The van der Waals surface area contributed by atoms with Gasteiger partial charge in [-0.2, -0.15) is 5.10 Å². The predicted octanol–water partition coefficient (Wildman–Crippen LogP) is 1.97. The van der Waals surface area contributed by atoms with E-state index in [-0.39, 0.29) is 11.7 Å². The lowest BCUT2D eigenvalue weighted by Gasteiger charge is -2.35. The number of Topliss-reactive ketones (excluding diaryl/α,β-unsaturated/α-hetero) is 1. The number of ketones is 1. The highest BCUT2D eigenvalue weighted by Gasteiger charge is 2.36. The molecule has 8 heteroatoms. The molecule has 1 unspecified atom stereocenters. The molecule has 8 nitrogen and oxygen atoms in total. The number of rotatable bonds is 4. The van der Waals surface area contributed by atoms with Crippen molar-refractivity contribution in [2.75, 3.05) is 36.1 Å². The average molecular weight is 406 g/mol. The van der Waals surface area contributed by atoms with Gasteiger partial charge in [-0.15, -0.1) is 0 Å². The van der Waals surface area contributed by atoms with Crippen LogP contribution in [0.15, 0.2) is 41.5 Å². The maximum absolute atomic E-state index is 13.1. The largest absolute Gasteiger partial charge is 0.353 e. The number of aromatic nitrogens is 2. The van der Waals surface area contributed by atoms with Gasteiger partial charge >= 0.3 is 0 Å². The van der Waals surface area contributed by atoms with Crippen LogP contribution in [0, 0.1) is 13.8 Å². The van der Waals surface area contributed by atoms with Gasteiger partial charge in [0.05, 0.1) is 5.69 Å². The number of carbonyl (C=O) groups excluding carboxylic acids is 2. The summed E-state index contributed by atoms with van der Waals surface area (Å²) in [6.07, 6.45) is 0.341. The fourth-order valence-corrected chi connectivity index (χ4v) is 3.96. The van der Waals surface area contributed by atoms with Gasteiger partial charge in [-0.25, -0.2) is 9.97 Å². The normalized spacial score (nSPS) is 19.1. The van der Waals surface area contributed by atoms with Crippen molar-refractivity contribution in [3.8, 4) is 0 Å². The molecule has 4 rings (SSSR count). The molecule has 3 heterocycles. The van der Waals surface area contributed by atoms with Gasteiger partial charge in [0.15, 0.2) is 5.78 Å². The lowest BCUT2D eigenvalue weighted by atomic mass is 10.1. The van der Waals surface area contributed by atoms with Crippen LogP contribution in [0.5, 0.6) is 0 Å². The van der Waals surface area contributed by atoms with Crippen LogP contribution in [0.2, 0.25) is 0 Å². The van der Waals surface area contributed by atoms with E-state index >= 15 is 0 Å². The molecule has 2 aliphatic rings. The molecular formula is C22H26N6O2. The first-order valence-electron chi connectivity index (χ1n) is 10.2. The van der Waals surface area contributed by atoms with Crippen molar-refractivity contribution >= 4 is 28.9 Å². The molecule has 1 amide bonds. The van der Waals surface area contributed by atoms with Crippen LogP contribution in [0.1, 0.15) is 24.9 Å². The third kappa shape index (κ3) is 4.03. The number of benzene rings is 1. The van der Waals surface area contributed by atoms with Crippen molar-refractivity contribution in [1.29, 1.82) is 0 Å². The number of para-hydroxylation sites is 1. The van der Waals surface area contributed by atoms with E-state index in [1.807, 2.05) is 55.1 Å². The first kappa shape index (κ1) is 20.0. The second-order valence-electron chi connectivity index (χ2n) is 7.75. The summed E-state index contributed by atoms with van der Waals surface area (Å²) in [5.74, 6) is 1.57. The summed E-state index contributed by atoms with van der Waals surface area (Å²) in [4.78, 5) is 38.1. The molecule has 1 fully saturated rings. The lowest BCUT2D eigenvalue weighted by Crippen LogP contribution is -2.51. The molecule has 0 N–H and O–H groups in total. The van der Waals surface area contributed by atoms with E-state index < -0.39 is 6.04 Å². The highest BCUT2D eigenvalue weighted by atomic mass is 16.2. The van der Waals surface area contributed by atoms with Crippen LogP contribution in [-0.4, -0.2) is 64.5 Å². The summed E-state index contributed by atoms with van der Waals surface area (Å²) in [6.45, 7) is 7.99. The van der Waals surface area contributed by atoms with E-state index in [2.05, 4.69) is 20.0 Å². The Kier molecular flexibility index (Phi) is 5.48. The van der Waals surface area contributed by atoms with Crippen LogP contribution in [0.25, 0.3) is 0 Å². The van der Waals surface area contributed by atoms with Gasteiger partial charge in [-0.3, -0.25) is 14.6 Å². The molecule has 156 valence electrons. The second-order valence-corrected chi connectivity index (χ2v) is 7.75. The Morgan fingerprint density at radius 1 is 1.00 bits per heavy atom. The zero-order valence-electron chi connectivity index (χ0n) is 17.6. The molecular weight excluding hydrogens is 380 g/mol. The van der Waals surface area contributed by atoms with Gasteiger partial charge in [0.1, 0.15) is 23.4 Å². The molecule has 1 atom stereocenters. The molecule has 1 aromatic carbocycles. The molecule has 1 aromatic heterocycles. The highest BCUT2D eigenvalue weighted by molar-refractivity contribution is 6.40. The van der Waals surface area contributed by atoms with Crippen LogP contribution in [-0.2, 0) is 9.59 Å². The Balaban J connectivity index is 1.45. The zero-order valence-corrected chi connectivity index (χ0v) is 17.6. The number of carbonyl (C=O) groups is 2. The first-order chi connectivity index (χ1) is 14.4.